The monoisotopic (exact) mass is 184 g/mol. The lowest BCUT2D eigenvalue weighted by Gasteiger charge is -2.39. The number of nitrogens with one attached hydrogen (secondary N) is 1. The van der Waals surface area contributed by atoms with Crippen LogP contribution in [0.15, 0.2) is 10.2 Å². The number of thiazole rings is 1. The Kier molecular flexibility index (Phi) is 1.81. The minimum absolute atomic E-state index is 0.0322. The molecule has 66 valence electrons. The molecule has 0 spiro atoms. The summed E-state index contributed by atoms with van der Waals surface area (Å²) >= 11 is 1.23. The zero-order chi connectivity index (χ0) is 8.60. The van der Waals surface area contributed by atoms with Gasteiger partial charge in [0, 0.05) is 23.0 Å². The molecule has 0 saturated heterocycles. The van der Waals surface area contributed by atoms with E-state index in [0.717, 1.165) is 18.5 Å². The molecule has 0 atom stereocenters. The van der Waals surface area contributed by atoms with Crippen molar-refractivity contribution in [3.63, 3.8) is 0 Å². The van der Waals surface area contributed by atoms with Crippen molar-refractivity contribution in [2.45, 2.75) is 24.7 Å². The molecule has 0 radical (unpaired) electrons. The Bertz CT molecular complexity index is 318. The predicted molar refractivity (Wildman–Crippen MR) is 49.5 cm³/mol. The highest BCUT2D eigenvalue weighted by molar-refractivity contribution is 7.07. The predicted octanol–water partition coefficient (Wildman–Crippen LogP) is 0.817. The van der Waals surface area contributed by atoms with E-state index in [4.69, 9.17) is 5.73 Å². The molecule has 1 aliphatic rings. The standard InChI is InChI=1S/C8H12N2OS/c9-5-8(2-1-3-8)6-4-12-7(11)10-6/h4H,1-3,5,9H2,(H,10,11). The van der Waals surface area contributed by atoms with Crippen molar-refractivity contribution < 1.29 is 0 Å². The molecule has 3 N–H and O–H groups in total. The van der Waals surface area contributed by atoms with E-state index in [1.165, 1.54) is 17.8 Å². The van der Waals surface area contributed by atoms with Gasteiger partial charge < -0.3 is 10.7 Å². The molecule has 1 saturated carbocycles. The summed E-state index contributed by atoms with van der Waals surface area (Å²) in [7, 11) is 0. The van der Waals surface area contributed by atoms with Crippen LogP contribution in [0.25, 0.3) is 0 Å². The Hall–Kier alpha value is -0.610. The van der Waals surface area contributed by atoms with Crippen LogP contribution in [-0.4, -0.2) is 11.5 Å². The van der Waals surface area contributed by atoms with Gasteiger partial charge in [-0.3, -0.25) is 4.79 Å². The molecule has 1 aromatic heterocycles. The summed E-state index contributed by atoms with van der Waals surface area (Å²) in [5.41, 5.74) is 6.85. The summed E-state index contributed by atoms with van der Waals surface area (Å²) in [4.78, 5) is 13.8. The van der Waals surface area contributed by atoms with Gasteiger partial charge in [-0.05, 0) is 12.8 Å². The molecular weight excluding hydrogens is 172 g/mol. The van der Waals surface area contributed by atoms with Crippen LogP contribution in [0.1, 0.15) is 25.0 Å². The van der Waals surface area contributed by atoms with Crippen LogP contribution in [0.5, 0.6) is 0 Å². The van der Waals surface area contributed by atoms with Gasteiger partial charge in [0.05, 0.1) is 0 Å². The maximum Gasteiger partial charge on any atom is 0.304 e. The second-order valence-corrected chi connectivity index (χ2v) is 4.24. The molecule has 0 bridgehead atoms. The lowest BCUT2D eigenvalue weighted by atomic mass is 9.67. The summed E-state index contributed by atoms with van der Waals surface area (Å²) < 4.78 is 0. The molecule has 1 fully saturated rings. The Morgan fingerprint density at radius 2 is 2.42 bits per heavy atom. The van der Waals surface area contributed by atoms with Gasteiger partial charge in [-0.1, -0.05) is 17.8 Å². The maximum absolute atomic E-state index is 10.9. The van der Waals surface area contributed by atoms with Crippen molar-refractivity contribution in [3.8, 4) is 0 Å². The second-order valence-electron chi connectivity index (χ2n) is 3.40. The Labute approximate surface area is 74.6 Å². The van der Waals surface area contributed by atoms with Crippen molar-refractivity contribution in [1.82, 2.24) is 4.98 Å². The Morgan fingerprint density at radius 3 is 2.75 bits per heavy atom. The van der Waals surface area contributed by atoms with Crippen LogP contribution in [-0.2, 0) is 5.41 Å². The van der Waals surface area contributed by atoms with E-state index in [1.807, 2.05) is 5.38 Å². The normalized spacial score (nSPS) is 20.4. The Balaban J connectivity index is 2.33. The van der Waals surface area contributed by atoms with Crippen molar-refractivity contribution in [3.05, 3.63) is 20.7 Å². The van der Waals surface area contributed by atoms with E-state index < -0.39 is 0 Å². The third kappa shape index (κ3) is 1.03. The summed E-state index contributed by atoms with van der Waals surface area (Å²) in [6.07, 6.45) is 3.47. The summed E-state index contributed by atoms with van der Waals surface area (Å²) in [6, 6.07) is 0. The zero-order valence-electron chi connectivity index (χ0n) is 6.80. The first-order valence-electron chi connectivity index (χ1n) is 4.15. The number of aromatic nitrogens is 1. The molecule has 1 heterocycles. The molecule has 0 aromatic carbocycles. The lowest BCUT2D eigenvalue weighted by Crippen LogP contribution is -2.42. The minimum Gasteiger partial charge on any atom is -0.330 e. The maximum atomic E-state index is 10.9. The molecule has 0 unspecified atom stereocenters. The summed E-state index contributed by atoms with van der Waals surface area (Å²) in [5, 5.41) is 1.91. The smallest absolute Gasteiger partial charge is 0.304 e. The van der Waals surface area contributed by atoms with Gasteiger partial charge in [0.1, 0.15) is 0 Å². The first kappa shape index (κ1) is 8.01. The molecular formula is C8H12N2OS. The number of H-pyrrole nitrogens is 1. The van der Waals surface area contributed by atoms with Crippen LogP contribution in [0.4, 0.5) is 0 Å². The van der Waals surface area contributed by atoms with Crippen LogP contribution >= 0.6 is 11.3 Å². The number of nitrogens with two attached hydrogens (primary N) is 1. The van der Waals surface area contributed by atoms with Gasteiger partial charge in [0.15, 0.2) is 0 Å². The molecule has 3 nitrogen and oxygen atoms in total. The van der Waals surface area contributed by atoms with Crippen molar-refractivity contribution in [2.24, 2.45) is 5.73 Å². The molecule has 4 heteroatoms. The third-order valence-corrected chi connectivity index (χ3v) is 3.46. The van der Waals surface area contributed by atoms with E-state index in [-0.39, 0.29) is 10.3 Å². The average Bonchev–Trinajstić information content (AvgIpc) is 2.35. The number of aromatic amines is 1. The molecule has 0 amide bonds. The molecule has 2 rings (SSSR count). The minimum atomic E-state index is 0.0322. The average molecular weight is 184 g/mol. The molecule has 0 aliphatic heterocycles. The van der Waals surface area contributed by atoms with Crippen molar-refractivity contribution in [1.29, 1.82) is 0 Å². The summed E-state index contributed by atoms with van der Waals surface area (Å²) in [6.45, 7) is 0.652. The second kappa shape index (κ2) is 2.71. The fourth-order valence-corrected chi connectivity index (χ4v) is 2.43. The third-order valence-electron chi connectivity index (χ3n) is 2.79. The SMILES string of the molecule is NCC1(c2csc(=O)[nH]2)CCC1. The van der Waals surface area contributed by atoms with Crippen LogP contribution in [0.3, 0.4) is 0 Å². The van der Waals surface area contributed by atoms with E-state index in [2.05, 4.69) is 4.98 Å². The lowest BCUT2D eigenvalue weighted by molar-refractivity contribution is 0.247. The van der Waals surface area contributed by atoms with Gasteiger partial charge in [-0.2, -0.15) is 0 Å². The van der Waals surface area contributed by atoms with Crippen LogP contribution in [0.2, 0.25) is 0 Å². The Morgan fingerprint density at radius 1 is 1.67 bits per heavy atom. The fourth-order valence-electron chi connectivity index (χ4n) is 1.73. The van der Waals surface area contributed by atoms with Crippen LogP contribution < -0.4 is 10.6 Å². The van der Waals surface area contributed by atoms with E-state index in [0.29, 0.717) is 6.54 Å². The number of rotatable bonds is 2. The number of hydrogen-bond acceptors (Lipinski definition) is 3. The van der Waals surface area contributed by atoms with Crippen LogP contribution in [0, 0.1) is 0 Å². The van der Waals surface area contributed by atoms with E-state index in [9.17, 15) is 4.79 Å². The van der Waals surface area contributed by atoms with Gasteiger partial charge in [-0.15, -0.1) is 0 Å². The quantitative estimate of drug-likeness (QED) is 0.714. The number of hydrogen-bond donors (Lipinski definition) is 2. The molecule has 1 aliphatic carbocycles. The molecule has 1 aromatic rings. The first-order chi connectivity index (χ1) is 5.77. The highest BCUT2D eigenvalue weighted by Gasteiger charge is 2.38. The van der Waals surface area contributed by atoms with Gasteiger partial charge in [0.2, 0.25) is 0 Å². The highest BCUT2D eigenvalue weighted by atomic mass is 32.1. The van der Waals surface area contributed by atoms with Gasteiger partial charge in [0.25, 0.3) is 0 Å². The summed E-state index contributed by atoms with van der Waals surface area (Å²) in [5.74, 6) is 0. The van der Waals surface area contributed by atoms with Gasteiger partial charge >= 0.3 is 4.87 Å². The van der Waals surface area contributed by atoms with E-state index in [1.54, 1.807) is 0 Å². The largest absolute Gasteiger partial charge is 0.330 e. The van der Waals surface area contributed by atoms with E-state index >= 15 is 0 Å². The molecule has 12 heavy (non-hydrogen) atoms. The van der Waals surface area contributed by atoms with Crippen molar-refractivity contribution in [2.75, 3.05) is 6.54 Å². The van der Waals surface area contributed by atoms with Crippen molar-refractivity contribution >= 4 is 11.3 Å². The zero-order valence-corrected chi connectivity index (χ0v) is 7.62. The van der Waals surface area contributed by atoms with Gasteiger partial charge in [-0.25, -0.2) is 0 Å². The highest BCUT2D eigenvalue weighted by Crippen LogP contribution is 2.41. The fraction of sp³-hybridized carbons (Fsp3) is 0.625. The first-order valence-corrected chi connectivity index (χ1v) is 5.03. The topological polar surface area (TPSA) is 58.9 Å².